The van der Waals surface area contributed by atoms with Crippen LogP contribution in [-0.4, -0.2) is 21.7 Å². The normalized spacial score (nSPS) is 11.5. The Morgan fingerprint density at radius 1 is 0.958 bits per heavy atom. The summed E-state index contributed by atoms with van der Waals surface area (Å²) in [7, 11) is 1.64. The monoisotopic (exact) mass is 339 g/mol. The van der Waals surface area contributed by atoms with Crippen molar-refractivity contribution in [2.75, 3.05) is 7.11 Å². The average Bonchev–Trinajstić information content (AvgIpc) is 3.15. The summed E-state index contributed by atoms with van der Waals surface area (Å²) < 4.78 is 8.53. The van der Waals surface area contributed by atoms with Gasteiger partial charge in [-0.05, 0) is 42.0 Å². The number of fused-ring (bicyclic) bond motifs is 3. The Kier molecular flexibility index (Phi) is 3.76. The van der Waals surface area contributed by atoms with Crippen molar-refractivity contribution in [2.45, 2.75) is 13.2 Å². The zero-order valence-electron chi connectivity index (χ0n) is 13.2. The molecule has 0 amide bonds. The molecule has 24 heavy (non-hydrogen) atoms. The molecule has 0 unspecified atom stereocenters. The first-order valence-electron chi connectivity index (χ1n) is 7.68. The molecule has 2 aromatic heterocycles. The van der Waals surface area contributed by atoms with E-state index in [0.717, 1.165) is 43.2 Å². The van der Waals surface area contributed by atoms with Gasteiger partial charge in [-0.2, -0.15) is 0 Å². The molecule has 4 aromatic rings. The van der Waals surface area contributed by atoms with Crippen LogP contribution in [0.5, 0.6) is 5.75 Å². The highest BCUT2D eigenvalue weighted by Gasteiger charge is 2.22. The van der Waals surface area contributed by atoms with Crippen molar-refractivity contribution in [3.05, 3.63) is 59.7 Å². The van der Waals surface area contributed by atoms with Crippen LogP contribution < -0.4 is 4.74 Å². The third-order valence-electron chi connectivity index (χ3n) is 4.33. The summed E-state index contributed by atoms with van der Waals surface area (Å²) in [5.41, 5.74) is 4.57. The van der Waals surface area contributed by atoms with Crippen molar-refractivity contribution < 1.29 is 14.9 Å². The Morgan fingerprint density at radius 2 is 1.67 bits per heavy atom. The first-order chi connectivity index (χ1) is 11.8. The minimum atomic E-state index is -0.111. The molecule has 5 heteroatoms. The summed E-state index contributed by atoms with van der Waals surface area (Å²) in [4.78, 5) is 0.980. The highest BCUT2D eigenvalue weighted by molar-refractivity contribution is 7.24. The second-order valence-corrected chi connectivity index (χ2v) is 6.59. The number of methoxy groups -OCH3 is 1. The molecule has 2 aromatic carbocycles. The highest BCUT2D eigenvalue weighted by Crippen LogP contribution is 2.39. The van der Waals surface area contributed by atoms with E-state index in [1.807, 2.05) is 36.4 Å². The van der Waals surface area contributed by atoms with Gasteiger partial charge in [0.25, 0.3) is 0 Å². The van der Waals surface area contributed by atoms with Gasteiger partial charge in [0.15, 0.2) is 0 Å². The summed E-state index contributed by atoms with van der Waals surface area (Å²) in [6.07, 6.45) is 0. The minimum Gasteiger partial charge on any atom is -0.497 e. The van der Waals surface area contributed by atoms with Crippen molar-refractivity contribution >= 4 is 26.4 Å². The molecule has 0 radical (unpaired) electrons. The molecule has 0 fully saturated rings. The number of thiazole rings is 1. The van der Waals surface area contributed by atoms with E-state index in [1.54, 1.807) is 18.4 Å². The summed E-state index contributed by atoms with van der Waals surface area (Å²) in [5.74, 6) is 0.787. The van der Waals surface area contributed by atoms with Crippen molar-refractivity contribution in [2.24, 2.45) is 0 Å². The largest absolute Gasteiger partial charge is 0.497 e. The smallest absolute Gasteiger partial charge is 0.118 e. The zero-order chi connectivity index (χ0) is 16.7. The maximum absolute atomic E-state index is 9.94. The number of aliphatic hydroxyl groups is 2. The number of benzene rings is 2. The van der Waals surface area contributed by atoms with Crippen LogP contribution in [0.1, 0.15) is 11.1 Å². The SMILES string of the molecule is COc1ccc(-c2c(CO)c(CO)c3sc4ccccc4n23)cc1. The fourth-order valence-electron chi connectivity index (χ4n) is 3.20. The lowest BCUT2D eigenvalue weighted by molar-refractivity contribution is 0.262. The molecule has 4 rings (SSSR count). The van der Waals surface area contributed by atoms with E-state index in [4.69, 9.17) is 4.74 Å². The lowest BCUT2D eigenvalue weighted by atomic mass is 10.1. The van der Waals surface area contributed by atoms with Crippen LogP contribution in [0.15, 0.2) is 48.5 Å². The van der Waals surface area contributed by atoms with Gasteiger partial charge in [0.05, 0.1) is 36.2 Å². The van der Waals surface area contributed by atoms with E-state index in [0.29, 0.717) is 0 Å². The molecule has 4 nitrogen and oxygen atoms in total. The van der Waals surface area contributed by atoms with E-state index in [-0.39, 0.29) is 13.2 Å². The fourth-order valence-corrected chi connectivity index (χ4v) is 4.41. The van der Waals surface area contributed by atoms with Crippen LogP contribution in [-0.2, 0) is 13.2 Å². The van der Waals surface area contributed by atoms with E-state index in [1.165, 1.54) is 0 Å². The standard InChI is InChI=1S/C19H17NO3S/c1-23-13-8-6-12(7-9-13)18-14(10-21)15(11-22)19-20(18)16-4-2-3-5-17(16)24-19/h2-9,21-22H,10-11H2,1H3. The van der Waals surface area contributed by atoms with Gasteiger partial charge in [-0.1, -0.05) is 12.1 Å². The first-order valence-corrected chi connectivity index (χ1v) is 8.50. The number of hydrogen-bond acceptors (Lipinski definition) is 4. The van der Waals surface area contributed by atoms with Crippen molar-refractivity contribution in [1.29, 1.82) is 0 Å². The van der Waals surface area contributed by atoms with E-state index in [9.17, 15) is 10.2 Å². The highest BCUT2D eigenvalue weighted by atomic mass is 32.1. The molecular weight excluding hydrogens is 322 g/mol. The van der Waals surface area contributed by atoms with Crippen molar-refractivity contribution in [3.63, 3.8) is 0 Å². The Bertz CT molecular complexity index is 1010. The van der Waals surface area contributed by atoms with Gasteiger partial charge in [0.2, 0.25) is 0 Å². The van der Waals surface area contributed by atoms with E-state index < -0.39 is 0 Å². The number of ether oxygens (including phenoxy) is 1. The first kappa shape index (κ1) is 15.2. The molecule has 122 valence electrons. The van der Waals surface area contributed by atoms with Crippen LogP contribution in [0.25, 0.3) is 26.3 Å². The van der Waals surface area contributed by atoms with Crippen molar-refractivity contribution in [1.82, 2.24) is 4.40 Å². The minimum absolute atomic E-state index is 0.0949. The van der Waals surface area contributed by atoms with Crippen LogP contribution in [0.4, 0.5) is 0 Å². The molecule has 0 aliphatic heterocycles. The predicted molar refractivity (Wildman–Crippen MR) is 96.6 cm³/mol. The van der Waals surface area contributed by atoms with Gasteiger partial charge in [-0.25, -0.2) is 0 Å². The van der Waals surface area contributed by atoms with Gasteiger partial charge in [0, 0.05) is 11.1 Å². The topological polar surface area (TPSA) is 54.1 Å². The maximum Gasteiger partial charge on any atom is 0.118 e. The number of aliphatic hydroxyl groups excluding tert-OH is 2. The predicted octanol–water partition coefficient (Wildman–Crippen LogP) is 3.81. The molecule has 0 atom stereocenters. The molecular formula is C19H17NO3S. The second-order valence-electron chi connectivity index (χ2n) is 5.56. The second kappa shape index (κ2) is 5.94. The molecule has 2 heterocycles. The zero-order valence-corrected chi connectivity index (χ0v) is 14.0. The lowest BCUT2D eigenvalue weighted by Crippen LogP contribution is -1.93. The molecule has 0 aliphatic rings. The Morgan fingerprint density at radius 3 is 2.33 bits per heavy atom. The quantitative estimate of drug-likeness (QED) is 0.594. The Balaban J connectivity index is 2.11. The van der Waals surface area contributed by atoms with Gasteiger partial charge in [0.1, 0.15) is 10.6 Å². The number of nitrogens with zero attached hydrogens (tertiary/aromatic N) is 1. The number of aromatic nitrogens is 1. The van der Waals surface area contributed by atoms with Gasteiger partial charge in [-0.3, -0.25) is 4.40 Å². The van der Waals surface area contributed by atoms with E-state index in [2.05, 4.69) is 16.5 Å². The molecule has 0 aliphatic carbocycles. The summed E-state index contributed by atoms with van der Waals surface area (Å²) >= 11 is 1.63. The fraction of sp³-hybridized carbons (Fsp3) is 0.158. The molecule has 0 bridgehead atoms. The van der Waals surface area contributed by atoms with E-state index >= 15 is 0 Å². The molecule has 0 saturated heterocycles. The number of para-hydroxylation sites is 1. The Hall–Kier alpha value is -2.34. The molecule has 0 spiro atoms. The van der Waals surface area contributed by atoms with Crippen molar-refractivity contribution in [3.8, 4) is 17.0 Å². The van der Waals surface area contributed by atoms with Gasteiger partial charge >= 0.3 is 0 Å². The number of rotatable bonds is 4. The maximum atomic E-state index is 9.94. The Labute approximate surface area is 143 Å². The molecule has 2 N–H and O–H groups in total. The summed E-state index contributed by atoms with van der Waals surface area (Å²) in [6.45, 7) is -0.206. The third-order valence-corrected chi connectivity index (χ3v) is 5.51. The summed E-state index contributed by atoms with van der Waals surface area (Å²) in [6, 6.07) is 15.9. The van der Waals surface area contributed by atoms with Gasteiger partial charge < -0.3 is 14.9 Å². The summed E-state index contributed by atoms with van der Waals surface area (Å²) in [5, 5.41) is 19.8. The van der Waals surface area contributed by atoms with Crippen LogP contribution in [0, 0.1) is 0 Å². The van der Waals surface area contributed by atoms with Crippen LogP contribution in [0.3, 0.4) is 0 Å². The lowest BCUT2D eigenvalue weighted by Gasteiger charge is -2.07. The average molecular weight is 339 g/mol. The van der Waals surface area contributed by atoms with Crippen LogP contribution >= 0.6 is 11.3 Å². The number of hydrogen-bond donors (Lipinski definition) is 2. The third kappa shape index (κ3) is 2.13. The van der Waals surface area contributed by atoms with Gasteiger partial charge in [-0.15, -0.1) is 11.3 Å². The molecule has 0 saturated carbocycles. The van der Waals surface area contributed by atoms with Crippen LogP contribution in [0.2, 0.25) is 0 Å².